The van der Waals surface area contributed by atoms with Crippen LogP contribution in [0.15, 0.2) is 12.1 Å². The van der Waals surface area contributed by atoms with Gasteiger partial charge in [-0.15, -0.1) is 0 Å². The smallest absolute Gasteiger partial charge is 0.200 e. The number of aliphatic hydroxyl groups excluding tert-OH is 1. The van der Waals surface area contributed by atoms with Crippen LogP contribution in [0.1, 0.15) is 19.4 Å². The maximum atomic E-state index is 13.4. The summed E-state index contributed by atoms with van der Waals surface area (Å²) in [6.07, 6.45) is -0.605. The van der Waals surface area contributed by atoms with E-state index in [4.69, 9.17) is 9.84 Å². The molecule has 0 aliphatic carbocycles. The van der Waals surface area contributed by atoms with Gasteiger partial charge in [-0.1, -0.05) is 6.07 Å². The topological polar surface area (TPSA) is 29.5 Å². The van der Waals surface area contributed by atoms with Crippen molar-refractivity contribution in [3.05, 3.63) is 29.3 Å². The third-order valence-corrected chi connectivity index (χ3v) is 1.94. The van der Waals surface area contributed by atoms with E-state index in [-0.39, 0.29) is 24.3 Å². The average Bonchev–Trinajstić information content (AvgIpc) is 2.17. The van der Waals surface area contributed by atoms with Crippen LogP contribution in [0.3, 0.4) is 0 Å². The minimum atomic E-state index is -0.991. The highest BCUT2D eigenvalue weighted by Crippen LogP contribution is 2.23. The zero-order chi connectivity index (χ0) is 11.4. The zero-order valence-electron chi connectivity index (χ0n) is 8.76. The molecule has 0 amide bonds. The summed E-state index contributed by atoms with van der Waals surface area (Å²) >= 11 is 0. The number of hydrogen-bond acceptors (Lipinski definition) is 2. The standard InChI is InChI=1S/C11H14F2O2/c1-3-15-9-5-4-8(6-7(2)14)10(12)11(9)13/h4-5,7,14H,3,6H2,1-2H3. The van der Waals surface area contributed by atoms with E-state index in [0.29, 0.717) is 0 Å². The number of ether oxygens (including phenoxy) is 1. The highest BCUT2D eigenvalue weighted by atomic mass is 19.2. The molecule has 0 saturated carbocycles. The highest BCUT2D eigenvalue weighted by Gasteiger charge is 2.15. The molecule has 0 radical (unpaired) electrons. The second kappa shape index (κ2) is 5.07. The largest absolute Gasteiger partial charge is 0.491 e. The third kappa shape index (κ3) is 2.89. The normalized spacial score (nSPS) is 12.6. The Morgan fingerprint density at radius 2 is 2.00 bits per heavy atom. The van der Waals surface area contributed by atoms with Crippen LogP contribution >= 0.6 is 0 Å². The van der Waals surface area contributed by atoms with E-state index in [1.807, 2.05) is 0 Å². The molecule has 1 aromatic carbocycles. The minimum Gasteiger partial charge on any atom is -0.491 e. The first-order valence-electron chi connectivity index (χ1n) is 4.84. The van der Waals surface area contributed by atoms with Gasteiger partial charge in [0, 0.05) is 6.42 Å². The minimum absolute atomic E-state index is 0.0924. The van der Waals surface area contributed by atoms with Crippen LogP contribution in [0.5, 0.6) is 5.75 Å². The molecule has 4 heteroatoms. The average molecular weight is 216 g/mol. The lowest BCUT2D eigenvalue weighted by molar-refractivity contribution is 0.193. The van der Waals surface area contributed by atoms with Crippen LogP contribution in [0.4, 0.5) is 8.78 Å². The maximum absolute atomic E-state index is 13.4. The quantitative estimate of drug-likeness (QED) is 0.836. The van der Waals surface area contributed by atoms with Gasteiger partial charge >= 0.3 is 0 Å². The lowest BCUT2D eigenvalue weighted by atomic mass is 10.1. The molecule has 1 aromatic rings. The van der Waals surface area contributed by atoms with E-state index < -0.39 is 17.7 Å². The second-order valence-electron chi connectivity index (χ2n) is 3.34. The molecule has 84 valence electrons. The Bertz CT molecular complexity index is 338. The molecule has 1 rings (SSSR count). The number of rotatable bonds is 4. The van der Waals surface area contributed by atoms with Gasteiger partial charge < -0.3 is 9.84 Å². The Morgan fingerprint density at radius 3 is 2.53 bits per heavy atom. The van der Waals surface area contributed by atoms with Gasteiger partial charge in [-0.25, -0.2) is 4.39 Å². The Morgan fingerprint density at radius 1 is 1.33 bits per heavy atom. The van der Waals surface area contributed by atoms with Gasteiger partial charge in [0.1, 0.15) is 0 Å². The molecule has 0 spiro atoms. The van der Waals surface area contributed by atoms with Gasteiger partial charge in [0.05, 0.1) is 12.7 Å². The SMILES string of the molecule is CCOc1ccc(CC(C)O)c(F)c1F. The maximum Gasteiger partial charge on any atom is 0.200 e. The lowest BCUT2D eigenvalue weighted by Crippen LogP contribution is -2.08. The Balaban J connectivity index is 2.98. The number of aliphatic hydroxyl groups is 1. The van der Waals surface area contributed by atoms with Gasteiger partial charge in [-0.05, 0) is 25.5 Å². The van der Waals surface area contributed by atoms with Crippen LogP contribution in [-0.4, -0.2) is 17.8 Å². The summed E-state index contributed by atoms with van der Waals surface area (Å²) in [6, 6.07) is 2.80. The number of benzene rings is 1. The van der Waals surface area contributed by atoms with Crippen molar-refractivity contribution in [2.45, 2.75) is 26.4 Å². The van der Waals surface area contributed by atoms with E-state index in [0.717, 1.165) is 0 Å². The lowest BCUT2D eigenvalue weighted by Gasteiger charge is -2.09. The van der Waals surface area contributed by atoms with Gasteiger partial charge in [-0.3, -0.25) is 0 Å². The molecule has 2 nitrogen and oxygen atoms in total. The Hall–Kier alpha value is -1.16. The van der Waals surface area contributed by atoms with Crippen molar-refractivity contribution in [1.29, 1.82) is 0 Å². The first-order valence-corrected chi connectivity index (χ1v) is 4.84. The third-order valence-electron chi connectivity index (χ3n) is 1.94. The zero-order valence-corrected chi connectivity index (χ0v) is 8.76. The van der Waals surface area contributed by atoms with E-state index in [1.54, 1.807) is 6.92 Å². The summed E-state index contributed by atoms with van der Waals surface area (Å²) in [5, 5.41) is 9.07. The molecule has 0 aliphatic rings. The molecule has 1 atom stereocenters. The first-order chi connectivity index (χ1) is 7.06. The summed E-state index contributed by atoms with van der Waals surface area (Å²) in [5.74, 6) is -2.03. The van der Waals surface area contributed by atoms with E-state index in [2.05, 4.69) is 0 Å². The summed E-state index contributed by atoms with van der Waals surface area (Å²) in [5.41, 5.74) is 0.158. The van der Waals surface area contributed by atoms with Crippen LogP contribution < -0.4 is 4.74 Å². The summed E-state index contributed by atoms with van der Waals surface area (Å²) < 4.78 is 31.6. The van der Waals surface area contributed by atoms with E-state index in [9.17, 15) is 8.78 Å². The van der Waals surface area contributed by atoms with Gasteiger partial charge in [0.15, 0.2) is 11.6 Å². The second-order valence-corrected chi connectivity index (χ2v) is 3.34. The Labute approximate surface area is 87.5 Å². The van der Waals surface area contributed by atoms with Crippen molar-refractivity contribution in [1.82, 2.24) is 0 Å². The molecule has 0 aliphatic heterocycles. The van der Waals surface area contributed by atoms with Crippen molar-refractivity contribution < 1.29 is 18.6 Å². The molecule has 0 heterocycles. The summed E-state index contributed by atoms with van der Waals surface area (Å²) in [6.45, 7) is 3.50. The van der Waals surface area contributed by atoms with E-state index >= 15 is 0 Å². The van der Waals surface area contributed by atoms with Crippen LogP contribution in [0.2, 0.25) is 0 Å². The van der Waals surface area contributed by atoms with E-state index in [1.165, 1.54) is 19.1 Å². The molecule has 1 N–H and O–H groups in total. The predicted octanol–water partition coefficient (Wildman–Crippen LogP) is 2.29. The first kappa shape index (κ1) is 11.9. The predicted molar refractivity (Wildman–Crippen MR) is 52.9 cm³/mol. The van der Waals surface area contributed by atoms with Gasteiger partial charge in [0.25, 0.3) is 0 Å². The van der Waals surface area contributed by atoms with Crippen molar-refractivity contribution in [3.63, 3.8) is 0 Å². The summed E-state index contributed by atoms with van der Waals surface area (Å²) in [7, 11) is 0. The molecule has 0 aromatic heterocycles. The molecule has 15 heavy (non-hydrogen) atoms. The monoisotopic (exact) mass is 216 g/mol. The van der Waals surface area contributed by atoms with Gasteiger partial charge in [-0.2, -0.15) is 4.39 Å². The fourth-order valence-corrected chi connectivity index (χ4v) is 1.31. The van der Waals surface area contributed by atoms with Gasteiger partial charge in [0.2, 0.25) is 5.82 Å². The van der Waals surface area contributed by atoms with Crippen LogP contribution in [0.25, 0.3) is 0 Å². The molecule has 1 unspecified atom stereocenters. The fourth-order valence-electron chi connectivity index (χ4n) is 1.31. The van der Waals surface area contributed by atoms with Crippen LogP contribution in [0, 0.1) is 11.6 Å². The highest BCUT2D eigenvalue weighted by molar-refractivity contribution is 5.31. The molecule has 0 bridgehead atoms. The van der Waals surface area contributed by atoms with Crippen molar-refractivity contribution >= 4 is 0 Å². The molecular formula is C11H14F2O2. The van der Waals surface area contributed by atoms with Crippen molar-refractivity contribution in [2.75, 3.05) is 6.61 Å². The number of halogens is 2. The van der Waals surface area contributed by atoms with Crippen LogP contribution in [-0.2, 0) is 6.42 Å². The van der Waals surface area contributed by atoms with Crippen molar-refractivity contribution in [3.8, 4) is 5.75 Å². The Kier molecular flexibility index (Phi) is 4.03. The van der Waals surface area contributed by atoms with Crippen molar-refractivity contribution in [2.24, 2.45) is 0 Å². The fraction of sp³-hybridized carbons (Fsp3) is 0.455. The molecule has 0 fully saturated rings. The molecule has 0 saturated heterocycles. The molecular weight excluding hydrogens is 202 g/mol. The number of hydrogen-bond donors (Lipinski definition) is 1. The summed E-state index contributed by atoms with van der Waals surface area (Å²) in [4.78, 5) is 0.